The Kier molecular flexibility index (Phi) is 9.91. The molecule has 5 rings (SSSR count). The minimum Gasteiger partial charge on any atom is -0.478 e. The van der Waals surface area contributed by atoms with Crippen LogP contribution in [0.4, 0.5) is 0 Å². The van der Waals surface area contributed by atoms with Crippen LogP contribution in [0.1, 0.15) is 61.4 Å². The summed E-state index contributed by atoms with van der Waals surface area (Å²) in [6.07, 6.45) is 3.19. The molecule has 0 saturated carbocycles. The number of hydrogen-bond acceptors (Lipinski definition) is 7. The van der Waals surface area contributed by atoms with Crippen LogP contribution >= 0.6 is 11.6 Å². The zero-order valence-electron chi connectivity index (χ0n) is 24.5. The SMILES string of the molecule is CCCCN1C(=O)[C@@H]([C@H](O)C2CCOCC2)NC(=O)C12CCN(Cc1ccc(Oc3ccc(C(=O)O)cc3Cl)cc1)CC2. The number of nitrogens with zero attached hydrogens (tertiary/aromatic N) is 2. The average molecular weight is 614 g/mol. The van der Waals surface area contributed by atoms with Crippen LogP contribution in [0.5, 0.6) is 11.5 Å². The molecule has 2 aromatic rings. The molecule has 1 spiro atoms. The summed E-state index contributed by atoms with van der Waals surface area (Å²) in [5, 5.41) is 23.4. The Morgan fingerprint density at radius 3 is 2.47 bits per heavy atom. The Morgan fingerprint density at radius 1 is 1.14 bits per heavy atom. The van der Waals surface area contributed by atoms with Gasteiger partial charge in [0.25, 0.3) is 0 Å². The van der Waals surface area contributed by atoms with Gasteiger partial charge in [-0.2, -0.15) is 0 Å². The molecule has 2 aromatic carbocycles. The van der Waals surface area contributed by atoms with E-state index in [2.05, 4.69) is 17.1 Å². The van der Waals surface area contributed by atoms with Crippen LogP contribution in [0.15, 0.2) is 42.5 Å². The van der Waals surface area contributed by atoms with Gasteiger partial charge in [-0.25, -0.2) is 4.79 Å². The number of aromatic carboxylic acids is 1. The van der Waals surface area contributed by atoms with Gasteiger partial charge in [-0.15, -0.1) is 0 Å². The van der Waals surface area contributed by atoms with Crippen molar-refractivity contribution in [2.45, 2.75) is 69.7 Å². The van der Waals surface area contributed by atoms with Gasteiger partial charge in [-0.1, -0.05) is 37.1 Å². The number of unbranched alkanes of at least 4 members (excludes halogenated alkanes) is 1. The Balaban J connectivity index is 1.21. The highest BCUT2D eigenvalue weighted by molar-refractivity contribution is 6.32. The van der Waals surface area contributed by atoms with E-state index >= 15 is 0 Å². The van der Waals surface area contributed by atoms with Gasteiger partial charge >= 0.3 is 5.97 Å². The summed E-state index contributed by atoms with van der Waals surface area (Å²) in [6, 6.07) is 11.0. The summed E-state index contributed by atoms with van der Waals surface area (Å²) >= 11 is 6.20. The highest BCUT2D eigenvalue weighted by atomic mass is 35.5. The van der Waals surface area contributed by atoms with Gasteiger partial charge in [0.15, 0.2) is 0 Å². The number of carbonyl (C=O) groups is 3. The Bertz CT molecular complexity index is 1310. The molecular weight excluding hydrogens is 574 g/mol. The molecule has 11 heteroatoms. The van der Waals surface area contributed by atoms with E-state index in [0.717, 1.165) is 18.4 Å². The number of rotatable bonds is 10. The fourth-order valence-corrected chi connectivity index (χ4v) is 6.60. The molecule has 0 radical (unpaired) electrons. The number of ether oxygens (including phenoxy) is 2. The van der Waals surface area contributed by atoms with Gasteiger partial charge in [0.1, 0.15) is 23.1 Å². The molecule has 0 aromatic heterocycles. The van der Waals surface area contributed by atoms with Crippen LogP contribution in [0, 0.1) is 5.92 Å². The smallest absolute Gasteiger partial charge is 0.335 e. The molecule has 10 nitrogen and oxygen atoms in total. The van der Waals surface area contributed by atoms with Gasteiger partial charge in [-0.05, 0) is 73.9 Å². The molecule has 43 heavy (non-hydrogen) atoms. The molecule has 0 aliphatic carbocycles. The first-order valence-corrected chi connectivity index (χ1v) is 15.5. The Morgan fingerprint density at radius 2 is 1.84 bits per heavy atom. The number of carboxylic acid groups (broad SMARTS) is 1. The van der Waals surface area contributed by atoms with Gasteiger partial charge in [0.05, 0.1) is 16.7 Å². The van der Waals surface area contributed by atoms with Gasteiger partial charge < -0.3 is 29.9 Å². The van der Waals surface area contributed by atoms with Crippen LogP contribution in [0.2, 0.25) is 5.02 Å². The number of halogens is 1. The minimum atomic E-state index is -1.06. The van der Waals surface area contributed by atoms with Crippen molar-refractivity contribution in [3.8, 4) is 11.5 Å². The second-order valence-electron chi connectivity index (χ2n) is 11.7. The number of likely N-dealkylation sites (tertiary alicyclic amines) is 1. The van der Waals surface area contributed by atoms with Crippen LogP contribution < -0.4 is 10.1 Å². The predicted molar refractivity (Wildman–Crippen MR) is 160 cm³/mol. The van der Waals surface area contributed by atoms with E-state index in [-0.39, 0.29) is 28.3 Å². The molecule has 3 N–H and O–H groups in total. The van der Waals surface area contributed by atoms with E-state index < -0.39 is 23.7 Å². The summed E-state index contributed by atoms with van der Waals surface area (Å²) in [6.45, 7) is 5.67. The number of piperidine rings is 1. The maximum absolute atomic E-state index is 13.8. The third-order valence-corrected chi connectivity index (χ3v) is 9.30. The van der Waals surface area contributed by atoms with Crippen LogP contribution in [0.25, 0.3) is 0 Å². The lowest BCUT2D eigenvalue weighted by Crippen LogP contribution is -2.75. The lowest BCUT2D eigenvalue weighted by atomic mass is 9.79. The third-order valence-electron chi connectivity index (χ3n) is 9.00. The van der Waals surface area contributed by atoms with Gasteiger partial charge in [0.2, 0.25) is 11.8 Å². The number of aliphatic hydroxyl groups excluding tert-OH is 1. The lowest BCUT2D eigenvalue weighted by molar-refractivity contribution is -0.166. The number of benzene rings is 2. The molecular formula is C32H40ClN3O7. The number of hydrogen-bond donors (Lipinski definition) is 3. The Hall–Kier alpha value is -3.18. The number of piperazine rings is 1. The maximum atomic E-state index is 13.8. The van der Waals surface area contributed by atoms with E-state index in [1.165, 1.54) is 18.2 Å². The van der Waals surface area contributed by atoms with Crippen LogP contribution in [0.3, 0.4) is 0 Å². The van der Waals surface area contributed by atoms with Crippen molar-refractivity contribution in [1.29, 1.82) is 0 Å². The summed E-state index contributed by atoms with van der Waals surface area (Å²) in [5.41, 5.74) is 0.260. The normalized spacial score (nSPS) is 21.9. The number of carboxylic acids is 1. The van der Waals surface area contributed by atoms with Gasteiger partial charge in [0, 0.05) is 39.4 Å². The highest BCUT2D eigenvalue weighted by Crippen LogP contribution is 2.36. The van der Waals surface area contributed by atoms with Crippen molar-refractivity contribution in [3.63, 3.8) is 0 Å². The first-order chi connectivity index (χ1) is 20.7. The highest BCUT2D eigenvalue weighted by Gasteiger charge is 2.55. The fourth-order valence-electron chi connectivity index (χ4n) is 6.38. The summed E-state index contributed by atoms with van der Waals surface area (Å²) in [7, 11) is 0. The lowest BCUT2D eigenvalue weighted by Gasteiger charge is -2.52. The van der Waals surface area contributed by atoms with E-state index in [0.29, 0.717) is 76.6 Å². The van der Waals surface area contributed by atoms with Crippen molar-refractivity contribution in [2.75, 3.05) is 32.8 Å². The quantitative estimate of drug-likeness (QED) is 0.366. The molecule has 3 heterocycles. The van der Waals surface area contributed by atoms with Crippen molar-refractivity contribution in [1.82, 2.24) is 15.1 Å². The molecule has 3 fully saturated rings. The van der Waals surface area contributed by atoms with E-state index in [9.17, 15) is 19.5 Å². The van der Waals surface area contributed by atoms with E-state index in [4.69, 9.17) is 26.2 Å². The number of nitrogens with one attached hydrogen (secondary N) is 1. The summed E-state index contributed by atoms with van der Waals surface area (Å²) < 4.78 is 11.3. The van der Waals surface area contributed by atoms with E-state index in [1.807, 2.05) is 24.3 Å². The average Bonchev–Trinajstić information content (AvgIpc) is 3.02. The fraction of sp³-hybridized carbons (Fsp3) is 0.531. The Labute approximate surface area is 256 Å². The molecule has 3 aliphatic heterocycles. The molecule has 0 bridgehead atoms. The molecule has 0 unspecified atom stereocenters. The van der Waals surface area contributed by atoms with Crippen molar-refractivity contribution in [3.05, 3.63) is 58.6 Å². The first kappa shape index (κ1) is 31.3. The zero-order chi connectivity index (χ0) is 30.6. The van der Waals surface area contributed by atoms with Crippen LogP contribution in [-0.2, 0) is 20.9 Å². The topological polar surface area (TPSA) is 129 Å². The van der Waals surface area contributed by atoms with Crippen LogP contribution in [-0.4, -0.2) is 88.3 Å². The number of aliphatic hydroxyl groups is 1. The number of amides is 2. The maximum Gasteiger partial charge on any atom is 0.335 e. The molecule has 2 atom stereocenters. The zero-order valence-corrected chi connectivity index (χ0v) is 25.2. The summed E-state index contributed by atoms with van der Waals surface area (Å²) in [4.78, 5) is 42.7. The molecule has 232 valence electrons. The second-order valence-corrected chi connectivity index (χ2v) is 12.1. The largest absolute Gasteiger partial charge is 0.478 e. The number of carbonyl (C=O) groups excluding carboxylic acids is 2. The molecule has 2 amide bonds. The summed E-state index contributed by atoms with van der Waals surface area (Å²) in [5.74, 6) is -0.508. The van der Waals surface area contributed by atoms with Crippen molar-refractivity contribution >= 4 is 29.4 Å². The molecule has 3 aliphatic rings. The second kappa shape index (κ2) is 13.6. The van der Waals surface area contributed by atoms with Crippen molar-refractivity contribution < 1.29 is 34.1 Å². The standard InChI is InChI=1S/C32H40ClN3O7/c1-2-3-14-36-29(38)27(28(37)22-10-17-42-18-11-22)34-31(41)32(36)12-15-35(16-13-32)20-21-4-7-24(8-5-21)43-26-9-6-23(30(39)40)19-25(26)33/h4-9,19,22,27-28,37H,2-3,10-18,20H2,1H3,(H,34,41)(H,39,40)/t27-,28-/m1/s1. The van der Waals surface area contributed by atoms with Gasteiger partial charge in [-0.3, -0.25) is 14.5 Å². The predicted octanol–water partition coefficient (Wildman–Crippen LogP) is 4.08. The monoisotopic (exact) mass is 613 g/mol. The van der Waals surface area contributed by atoms with E-state index in [1.54, 1.807) is 4.90 Å². The van der Waals surface area contributed by atoms with Crippen molar-refractivity contribution in [2.24, 2.45) is 5.92 Å². The third kappa shape index (κ3) is 6.82. The first-order valence-electron chi connectivity index (χ1n) is 15.1. The minimum absolute atomic E-state index is 0.0711. The molecule has 3 saturated heterocycles.